The van der Waals surface area contributed by atoms with Crippen molar-refractivity contribution in [3.8, 4) is 5.75 Å². The Kier molecular flexibility index (Phi) is 3.05. The minimum absolute atomic E-state index is 0.0775. The van der Waals surface area contributed by atoms with E-state index in [-0.39, 0.29) is 17.4 Å². The highest BCUT2D eigenvalue weighted by atomic mass is 35.5. The summed E-state index contributed by atoms with van der Waals surface area (Å²) in [7, 11) is 0. The number of halogens is 2. The average molecular weight is 189 g/mol. The molecule has 0 radical (unpaired) electrons. The summed E-state index contributed by atoms with van der Waals surface area (Å²) in [6.07, 6.45) is 0.531. The van der Waals surface area contributed by atoms with E-state index in [1.54, 1.807) is 0 Å². The standard InChI is InChI=1S/C8H6ClFO2/c9-6-2-1-3-7(10)8(6)12-5-4-11/h1-4H,5H2. The SMILES string of the molecule is O=CCOc1c(F)cccc1Cl. The first-order chi connectivity index (χ1) is 5.75. The van der Waals surface area contributed by atoms with E-state index < -0.39 is 5.82 Å². The van der Waals surface area contributed by atoms with Crippen LogP contribution in [0.3, 0.4) is 0 Å². The van der Waals surface area contributed by atoms with E-state index >= 15 is 0 Å². The topological polar surface area (TPSA) is 26.3 Å². The fourth-order valence-electron chi connectivity index (χ4n) is 0.738. The highest BCUT2D eigenvalue weighted by Crippen LogP contribution is 2.26. The van der Waals surface area contributed by atoms with Crippen LogP contribution in [-0.4, -0.2) is 12.9 Å². The molecule has 1 rings (SSSR count). The van der Waals surface area contributed by atoms with Gasteiger partial charge in [-0.1, -0.05) is 17.7 Å². The second kappa shape index (κ2) is 4.07. The quantitative estimate of drug-likeness (QED) is 0.679. The molecule has 0 unspecified atom stereocenters. The van der Waals surface area contributed by atoms with Crippen LogP contribution in [-0.2, 0) is 4.79 Å². The summed E-state index contributed by atoms with van der Waals surface area (Å²) in [5, 5.41) is 0.164. The van der Waals surface area contributed by atoms with E-state index in [1.165, 1.54) is 18.2 Å². The third-order valence-electron chi connectivity index (χ3n) is 1.21. The zero-order chi connectivity index (χ0) is 8.97. The molecular weight excluding hydrogens is 183 g/mol. The van der Waals surface area contributed by atoms with Crippen molar-refractivity contribution in [3.05, 3.63) is 29.0 Å². The smallest absolute Gasteiger partial charge is 0.174 e. The minimum atomic E-state index is -0.565. The number of ether oxygens (including phenoxy) is 1. The van der Waals surface area contributed by atoms with Crippen LogP contribution in [0.25, 0.3) is 0 Å². The van der Waals surface area contributed by atoms with Gasteiger partial charge in [-0.15, -0.1) is 0 Å². The molecule has 0 atom stereocenters. The van der Waals surface area contributed by atoms with Crippen molar-refractivity contribution in [3.63, 3.8) is 0 Å². The fourth-order valence-corrected chi connectivity index (χ4v) is 0.955. The number of aldehydes is 1. The highest BCUT2D eigenvalue weighted by molar-refractivity contribution is 6.32. The van der Waals surface area contributed by atoms with Crippen LogP contribution >= 0.6 is 11.6 Å². The third-order valence-corrected chi connectivity index (χ3v) is 1.51. The van der Waals surface area contributed by atoms with Crippen molar-refractivity contribution in [1.82, 2.24) is 0 Å². The number of para-hydroxylation sites is 1. The Bertz CT molecular complexity index is 268. The minimum Gasteiger partial charge on any atom is -0.481 e. The number of rotatable bonds is 3. The van der Waals surface area contributed by atoms with Gasteiger partial charge in [-0.05, 0) is 12.1 Å². The van der Waals surface area contributed by atoms with Gasteiger partial charge in [-0.3, -0.25) is 4.79 Å². The lowest BCUT2D eigenvalue weighted by Gasteiger charge is -2.04. The van der Waals surface area contributed by atoms with Gasteiger partial charge in [-0.25, -0.2) is 4.39 Å². The Morgan fingerprint density at radius 2 is 2.33 bits per heavy atom. The maximum atomic E-state index is 12.8. The number of benzene rings is 1. The van der Waals surface area contributed by atoms with Crippen LogP contribution in [0.1, 0.15) is 0 Å². The number of hydrogen-bond donors (Lipinski definition) is 0. The molecule has 0 aromatic heterocycles. The average Bonchev–Trinajstić information content (AvgIpc) is 2.04. The van der Waals surface area contributed by atoms with Crippen LogP contribution in [0.4, 0.5) is 4.39 Å². The Balaban J connectivity index is 2.88. The molecule has 0 aliphatic heterocycles. The molecule has 0 saturated heterocycles. The number of hydrogen-bond acceptors (Lipinski definition) is 2. The number of carbonyl (C=O) groups excluding carboxylic acids is 1. The Hall–Kier alpha value is -1.09. The molecule has 1 aromatic carbocycles. The largest absolute Gasteiger partial charge is 0.481 e. The normalized spacial score (nSPS) is 9.50. The van der Waals surface area contributed by atoms with Gasteiger partial charge in [0.05, 0.1) is 5.02 Å². The van der Waals surface area contributed by atoms with Crippen molar-refractivity contribution in [2.75, 3.05) is 6.61 Å². The first-order valence-corrected chi connectivity index (χ1v) is 3.64. The van der Waals surface area contributed by atoms with Gasteiger partial charge in [-0.2, -0.15) is 0 Å². The van der Waals surface area contributed by atoms with E-state index in [0.29, 0.717) is 6.29 Å². The summed E-state index contributed by atoms with van der Waals surface area (Å²) >= 11 is 5.58. The van der Waals surface area contributed by atoms with Crippen molar-refractivity contribution >= 4 is 17.9 Å². The summed E-state index contributed by atoms with van der Waals surface area (Å²) in [4.78, 5) is 9.91. The van der Waals surface area contributed by atoms with Crippen molar-refractivity contribution < 1.29 is 13.9 Å². The molecule has 12 heavy (non-hydrogen) atoms. The van der Waals surface area contributed by atoms with E-state index in [0.717, 1.165) is 0 Å². The van der Waals surface area contributed by atoms with E-state index in [1.807, 2.05) is 0 Å². The number of carbonyl (C=O) groups is 1. The van der Waals surface area contributed by atoms with E-state index in [4.69, 9.17) is 16.3 Å². The summed E-state index contributed by atoms with van der Waals surface area (Å²) in [6.45, 7) is -0.194. The molecule has 0 N–H and O–H groups in total. The molecule has 0 spiro atoms. The van der Waals surface area contributed by atoms with Crippen LogP contribution in [0.15, 0.2) is 18.2 Å². The van der Waals surface area contributed by atoms with Gasteiger partial charge < -0.3 is 4.74 Å². The molecule has 0 saturated carbocycles. The second-order valence-corrected chi connectivity index (χ2v) is 2.44. The lowest BCUT2D eigenvalue weighted by Crippen LogP contribution is -2.00. The molecule has 0 bridgehead atoms. The molecule has 0 fully saturated rings. The molecular formula is C8H6ClFO2. The van der Waals surface area contributed by atoms with Gasteiger partial charge in [0.25, 0.3) is 0 Å². The fraction of sp³-hybridized carbons (Fsp3) is 0.125. The summed E-state index contributed by atoms with van der Waals surface area (Å²) in [5.41, 5.74) is 0. The molecule has 4 heteroatoms. The molecule has 64 valence electrons. The molecule has 2 nitrogen and oxygen atoms in total. The van der Waals surface area contributed by atoms with Crippen LogP contribution < -0.4 is 4.74 Å². The second-order valence-electron chi connectivity index (χ2n) is 2.03. The first kappa shape index (κ1) is 9.00. The molecule has 0 aliphatic rings. The maximum Gasteiger partial charge on any atom is 0.174 e. The zero-order valence-electron chi connectivity index (χ0n) is 6.09. The highest BCUT2D eigenvalue weighted by Gasteiger charge is 2.06. The van der Waals surface area contributed by atoms with Crippen LogP contribution in [0, 0.1) is 5.82 Å². The summed E-state index contributed by atoms with van der Waals surface area (Å²) in [6, 6.07) is 4.17. The maximum absolute atomic E-state index is 12.8. The Morgan fingerprint density at radius 3 is 2.92 bits per heavy atom. The molecule has 0 amide bonds. The Morgan fingerprint density at radius 1 is 1.58 bits per heavy atom. The lowest BCUT2D eigenvalue weighted by molar-refractivity contribution is -0.109. The van der Waals surface area contributed by atoms with Gasteiger partial charge in [0, 0.05) is 0 Å². The van der Waals surface area contributed by atoms with Gasteiger partial charge in [0.15, 0.2) is 17.9 Å². The summed E-state index contributed by atoms with van der Waals surface area (Å²) < 4.78 is 17.6. The molecule has 0 heterocycles. The van der Waals surface area contributed by atoms with E-state index in [9.17, 15) is 9.18 Å². The van der Waals surface area contributed by atoms with Crippen molar-refractivity contribution in [2.24, 2.45) is 0 Å². The van der Waals surface area contributed by atoms with Crippen molar-refractivity contribution in [1.29, 1.82) is 0 Å². The predicted octanol–water partition coefficient (Wildman–Crippen LogP) is 2.06. The monoisotopic (exact) mass is 188 g/mol. The first-order valence-electron chi connectivity index (χ1n) is 3.26. The van der Waals surface area contributed by atoms with Gasteiger partial charge in [0.2, 0.25) is 0 Å². The molecule has 0 aliphatic carbocycles. The van der Waals surface area contributed by atoms with Crippen LogP contribution in [0.2, 0.25) is 5.02 Å². The summed E-state index contributed by atoms with van der Waals surface area (Å²) in [5.74, 6) is -0.643. The Labute approximate surface area is 73.9 Å². The zero-order valence-corrected chi connectivity index (χ0v) is 6.84. The molecule has 1 aromatic rings. The third kappa shape index (κ3) is 1.95. The van der Waals surface area contributed by atoms with Gasteiger partial charge >= 0.3 is 0 Å². The van der Waals surface area contributed by atoms with E-state index in [2.05, 4.69) is 0 Å². The van der Waals surface area contributed by atoms with Crippen molar-refractivity contribution in [2.45, 2.75) is 0 Å². The van der Waals surface area contributed by atoms with Crippen LogP contribution in [0.5, 0.6) is 5.75 Å². The lowest BCUT2D eigenvalue weighted by atomic mass is 10.3. The van der Waals surface area contributed by atoms with Gasteiger partial charge in [0.1, 0.15) is 6.61 Å². The predicted molar refractivity (Wildman–Crippen MR) is 43.0 cm³/mol.